The van der Waals surface area contributed by atoms with Crippen molar-refractivity contribution in [2.45, 2.75) is 110 Å². The highest BCUT2D eigenvalue weighted by molar-refractivity contribution is 5.76. The first-order valence-corrected chi connectivity index (χ1v) is 16.7. The fourth-order valence-electron chi connectivity index (χ4n) is 4.89. The van der Waals surface area contributed by atoms with Gasteiger partial charge in [0, 0.05) is 47.6 Å². The molecule has 0 bridgehead atoms. The monoisotopic (exact) mass is 721 g/mol. The SMILES string of the molecule is CCCC(CC)(COCCC(=O)NCCOCCOCCOC1OC(COC(C)=O)C(OC(C)=O)C(OC(C)=O)C1NC(C)=O)ONC(C)=O. The second kappa shape index (κ2) is 24.7. The second-order valence-corrected chi connectivity index (χ2v) is 11.5. The zero-order valence-electron chi connectivity index (χ0n) is 30.2. The van der Waals surface area contributed by atoms with Crippen LogP contribution >= 0.6 is 0 Å². The molecule has 288 valence electrons. The number of hydroxylamine groups is 1. The van der Waals surface area contributed by atoms with E-state index in [9.17, 15) is 28.8 Å². The van der Waals surface area contributed by atoms with Gasteiger partial charge < -0.3 is 48.5 Å². The van der Waals surface area contributed by atoms with Crippen molar-refractivity contribution in [3.05, 3.63) is 0 Å². The third kappa shape index (κ3) is 18.5. The summed E-state index contributed by atoms with van der Waals surface area (Å²) in [6.45, 7) is 11.2. The Balaban J connectivity index is 2.45. The Morgan fingerprint density at radius 1 is 0.740 bits per heavy atom. The van der Waals surface area contributed by atoms with Crippen molar-refractivity contribution < 1.29 is 71.5 Å². The van der Waals surface area contributed by atoms with Gasteiger partial charge in [-0.1, -0.05) is 20.3 Å². The number of esters is 3. The van der Waals surface area contributed by atoms with Gasteiger partial charge in [-0.3, -0.25) is 33.6 Å². The molecule has 18 heteroatoms. The molecule has 1 aliphatic rings. The summed E-state index contributed by atoms with van der Waals surface area (Å²) in [5.41, 5.74) is 1.73. The van der Waals surface area contributed by atoms with Gasteiger partial charge in [-0.2, -0.15) is 0 Å². The van der Waals surface area contributed by atoms with Gasteiger partial charge in [0.2, 0.25) is 17.7 Å². The summed E-state index contributed by atoms with van der Waals surface area (Å²) in [4.78, 5) is 76.3. The molecule has 1 saturated heterocycles. The molecule has 0 spiro atoms. The van der Waals surface area contributed by atoms with Gasteiger partial charge in [0.1, 0.15) is 24.4 Å². The van der Waals surface area contributed by atoms with E-state index in [0.29, 0.717) is 12.8 Å². The van der Waals surface area contributed by atoms with Crippen molar-refractivity contribution in [3.8, 4) is 0 Å². The highest BCUT2D eigenvalue weighted by Crippen LogP contribution is 2.28. The number of hydrogen-bond acceptors (Lipinski definition) is 15. The number of nitrogens with one attached hydrogen (secondary N) is 3. The number of carbonyl (C=O) groups excluding carboxylic acids is 6. The molecule has 0 aromatic rings. The largest absolute Gasteiger partial charge is 0.463 e. The van der Waals surface area contributed by atoms with Crippen LogP contribution in [-0.4, -0.2) is 131 Å². The summed E-state index contributed by atoms with van der Waals surface area (Å²) in [5.74, 6) is -3.02. The third-order valence-corrected chi connectivity index (χ3v) is 7.12. The number of rotatable bonds is 25. The number of carbonyl (C=O) groups is 6. The topological polar surface area (TPSA) is 222 Å². The van der Waals surface area contributed by atoms with E-state index < -0.39 is 60.1 Å². The van der Waals surface area contributed by atoms with Crippen LogP contribution in [0.2, 0.25) is 0 Å². The first kappa shape index (κ1) is 44.6. The minimum absolute atomic E-state index is 0.0125. The van der Waals surface area contributed by atoms with Crippen molar-refractivity contribution in [2.24, 2.45) is 0 Å². The molecule has 0 aliphatic carbocycles. The lowest BCUT2D eigenvalue weighted by atomic mass is 9.96. The molecule has 6 unspecified atom stereocenters. The molecule has 1 rings (SSSR count). The smallest absolute Gasteiger partial charge is 0.303 e. The fraction of sp³-hybridized carbons (Fsp3) is 0.812. The standard InChI is InChI=1S/C32H55N3O15/c1-8-11-32(9-2,50-35-22(4)37)20-44-13-10-27(41)33-12-14-42-15-16-43-17-18-45-31-28(34-21(3)36)30(48-25(7)40)29(47-24(6)39)26(49-31)19-46-23(5)38/h26,28-31H,8-20H2,1-7H3,(H,33,41)(H,34,36)(H,35,37). The van der Waals surface area contributed by atoms with E-state index in [1.165, 1.54) is 20.8 Å². The highest BCUT2D eigenvalue weighted by atomic mass is 16.7. The lowest BCUT2D eigenvalue weighted by molar-refractivity contribution is -0.279. The van der Waals surface area contributed by atoms with Crippen molar-refractivity contribution in [1.82, 2.24) is 16.1 Å². The van der Waals surface area contributed by atoms with Gasteiger partial charge in [0.05, 0.1) is 46.2 Å². The minimum atomic E-state index is -1.22. The average molecular weight is 722 g/mol. The van der Waals surface area contributed by atoms with Crippen LogP contribution in [-0.2, 0) is 71.5 Å². The van der Waals surface area contributed by atoms with Gasteiger partial charge in [-0.15, -0.1) is 0 Å². The van der Waals surface area contributed by atoms with E-state index in [4.69, 9.17) is 42.7 Å². The Hall–Kier alpha value is -3.42. The van der Waals surface area contributed by atoms with Crippen molar-refractivity contribution >= 4 is 35.6 Å². The van der Waals surface area contributed by atoms with Crippen LogP contribution in [0.25, 0.3) is 0 Å². The average Bonchev–Trinajstić information content (AvgIpc) is 3.03. The van der Waals surface area contributed by atoms with Crippen molar-refractivity contribution in [2.75, 3.05) is 59.4 Å². The molecular weight excluding hydrogens is 666 g/mol. The molecule has 6 atom stereocenters. The molecule has 1 aliphatic heterocycles. The predicted molar refractivity (Wildman–Crippen MR) is 173 cm³/mol. The zero-order valence-corrected chi connectivity index (χ0v) is 30.2. The van der Waals surface area contributed by atoms with Crippen molar-refractivity contribution in [3.63, 3.8) is 0 Å². The summed E-state index contributed by atoms with van der Waals surface area (Å²) >= 11 is 0. The predicted octanol–water partition coefficient (Wildman–Crippen LogP) is 0.232. The number of ether oxygens (including phenoxy) is 8. The molecule has 18 nitrogen and oxygen atoms in total. The first-order valence-electron chi connectivity index (χ1n) is 16.7. The third-order valence-electron chi connectivity index (χ3n) is 7.12. The lowest BCUT2D eigenvalue weighted by Gasteiger charge is -2.44. The summed E-state index contributed by atoms with van der Waals surface area (Å²) in [7, 11) is 0. The Bertz CT molecular complexity index is 1080. The molecule has 1 heterocycles. The van der Waals surface area contributed by atoms with E-state index in [1.807, 2.05) is 13.8 Å². The molecular formula is C32H55N3O15. The normalized spacial score (nSPS) is 21.3. The molecule has 0 saturated carbocycles. The molecule has 3 amide bonds. The van der Waals surface area contributed by atoms with Crippen LogP contribution in [0.5, 0.6) is 0 Å². The molecule has 0 aromatic carbocycles. The van der Waals surface area contributed by atoms with Crippen LogP contribution in [0, 0.1) is 0 Å². The van der Waals surface area contributed by atoms with E-state index in [1.54, 1.807) is 0 Å². The molecule has 3 N–H and O–H groups in total. The minimum Gasteiger partial charge on any atom is -0.463 e. The van der Waals surface area contributed by atoms with Crippen LogP contribution in [0.3, 0.4) is 0 Å². The van der Waals surface area contributed by atoms with E-state index in [0.717, 1.165) is 20.3 Å². The van der Waals surface area contributed by atoms with E-state index >= 15 is 0 Å². The first-order chi connectivity index (χ1) is 23.7. The summed E-state index contributed by atoms with van der Waals surface area (Å²) < 4.78 is 44.3. The highest BCUT2D eigenvalue weighted by Gasteiger charge is 2.51. The maximum atomic E-state index is 12.1. The van der Waals surface area contributed by atoms with E-state index in [2.05, 4.69) is 16.1 Å². The molecule has 0 aromatic heterocycles. The summed E-state index contributed by atoms with van der Waals surface area (Å²) in [6.07, 6.45) is -2.39. The molecule has 0 radical (unpaired) electrons. The van der Waals surface area contributed by atoms with Crippen molar-refractivity contribution in [1.29, 1.82) is 0 Å². The van der Waals surface area contributed by atoms with Gasteiger partial charge in [-0.25, -0.2) is 5.48 Å². The number of amides is 3. The van der Waals surface area contributed by atoms with E-state index in [-0.39, 0.29) is 77.6 Å². The quantitative estimate of drug-likeness (QED) is 0.0497. The Labute approximate surface area is 293 Å². The summed E-state index contributed by atoms with van der Waals surface area (Å²) in [5, 5.41) is 5.37. The van der Waals surface area contributed by atoms with Crippen LogP contribution < -0.4 is 16.1 Å². The van der Waals surface area contributed by atoms with Gasteiger partial charge in [0.25, 0.3) is 0 Å². The second-order valence-electron chi connectivity index (χ2n) is 11.5. The van der Waals surface area contributed by atoms with Gasteiger partial charge >= 0.3 is 17.9 Å². The Morgan fingerprint density at radius 3 is 1.96 bits per heavy atom. The molecule has 50 heavy (non-hydrogen) atoms. The number of hydrogen-bond donors (Lipinski definition) is 3. The maximum absolute atomic E-state index is 12.1. The fourth-order valence-corrected chi connectivity index (χ4v) is 4.89. The van der Waals surface area contributed by atoms with Crippen LogP contribution in [0.4, 0.5) is 0 Å². The zero-order chi connectivity index (χ0) is 37.5. The van der Waals surface area contributed by atoms with Crippen LogP contribution in [0.15, 0.2) is 0 Å². The maximum Gasteiger partial charge on any atom is 0.303 e. The lowest BCUT2D eigenvalue weighted by Crippen LogP contribution is -2.66. The van der Waals surface area contributed by atoms with Gasteiger partial charge in [0.15, 0.2) is 18.5 Å². The Morgan fingerprint density at radius 2 is 1.38 bits per heavy atom. The van der Waals surface area contributed by atoms with Crippen LogP contribution in [0.1, 0.15) is 74.1 Å². The van der Waals surface area contributed by atoms with Gasteiger partial charge in [-0.05, 0) is 12.8 Å². The Kier molecular flexibility index (Phi) is 22.0. The summed E-state index contributed by atoms with van der Waals surface area (Å²) in [6, 6.07) is -1.07. The molecule has 1 fully saturated rings.